The molecular formula is C33H29FI2N2O5S. The Kier molecular flexibility index (Phi) is 10.3. The number of para-hydroxylation sites is 1. The van der Waals surface area contributed by atoms with Crippen LogP contribution in [0.25, 0.3) is 6.08 Å². The molecule has 0 radical (unpaired) electrons. The lowest BCUT2D eigenvalue weighted by molar-refractivity contribution is -0.139. The number of halogens is 3. The zero-order valence-corrected chi connectivity index (χ0v) is 29.5. The van der Waals surface area contributed by atoms with Gasteiger partial charge in [-0.2, -0.15) is 0 Å². The molecule has 7 nitrogen and oxygen atoms in total. The first kappa shape index (κ1) is 32.4. The van der Waals surface area contributed by atoms with Crippen molar-refractivity contribution in [2.45, 2.75) is 46.4 Å². The van der Waals surface area contributed by atoms with E-state index in [1.54, 1.807) is 38.1 Å². The highest BCUT2D eigenvalue weighted by Crippen LogP contribution is 2.36. The smallest absolute Gasteiger partial charge is 0.338 e. The lowest BCUT2D eigenvalue weighted by atomic mass is 9.95. The number of allylic oxidation sites excluding steroid dienone is 1. The Morgan fingerprint density at radius 3 is 2.59 bits per heavy atom. The van der Waals surface area contributed by atoms with Crippen molar-refractivity contribution in [3.63, 3.8) is 0 Å². The van der Waals surface area contributed by atoms with Crippen LogP contribution in [0, 0.1) is 13.0 Å². The van der Waals surface area contributed by atoms with Crippen molar-refractivity contribution in [3.05, 3.63) is 121 Å². The van der Waals surface area contributed by atoms with Crippen molar-refractivity contribution >= 4 is 68.6 Å². The molecule has 228 valence electrons. The van der Waals surface area contributed by atoms with Gasteiger partial charge in [0, 0.05) is 20.3 Å². The summed E-state index contributed by atoms with van der Waals surface area (Å²) in [5, 5.41) is 0. The number of aromatic nitrogens is 1. The predicted octanol–water partition coefficient (Wildman–Crippen LogP) is 6.51. The van der Waals surface area contributed by atoms with Gasteiger partial charge in [0.1, 0.15) is 30.0 Å². The number of hydrogen-bond acceptors (Lipinski definition) is 7. The summed E-state index contributed by atoms with van der Waals surface area (Å²) >= 11 is 5.62. The zero-order valence-electron chi connectivity index (χ0n) is 24.4. The van der Waals surface area contributed by atoms with Crippen LogP contribution >= 0.6 is 56.5 Å². The van der Waals surface area contributed by atoms with Crippen LogP contribution in [0.4, 0.5) is 4.39 Å². The molecule has 0 saturated heterocycles. The number of carbonyl (C=O) groups excluding carboxylic acids is 1. The molecule has 5 rings (SSSR count). The van der Waals surface area contributed by atoms with E-state index < -0.39 is 12.0 Å². The van der Waals surface area contributed by atoms with Crippen LogP contribution in [-0.2, 0) is 16.1 Å². The van der Waals surface area contributed by atoms with E-state index >= 15 is 0 Å². The van der Waals surface area contributed by atoms with E-state index in [1.165, 1.54) is 22.0 Å². The van der Waals surface area contributed by atoms with Crippen molar-refractivity contribution in [1.82, 2.24) is 4.57 Å². The van der Waals surface area contributed by atoms with Crippen molar-refractivity contribution in [3.8, 4) is 11.5 Å². The summed E-state index contributed by atoms with van der Waals surface area (Å²) in [5.74, 6) is 0.214. The van der Waals surface area contributed by atoms with Crippen LogP contribution in [0.3, 0.4) is 0 Å². The number of esters is 1. The molecule has 44 heavy (non-hydrogen) atoms. The second-order valence-corrected chi connectivity index (χ2v) is 13.6. The van der Waals surface area contributed by atoms with Crippen molar-refractivity contribution in [1.29, 1.82) is 0 Å². The van der Waals surface area contributed by atoms with Gasteiger partial charge < -0.3 is 14.2 Å². The number of ether oxygens (including phenoxy) is 3. The van der Waals surface area contributed by atoms with E-state index in [0.29, 0.717) is 43.2 Å². The first-order valence-electron chi connectivity index (χ1n) is 13.9. The van der Waals surface area contributed by atoms with Crippen molar-refractivity contribution < 1.29 is 23.4 Å². The summed E-state index contributed by atoms with van der Waals surface area (Å²) in [5.41, 5.74) is 2.19. The summed E-state index contributed by atoms with van der Waals surface area (Å²) in [6.07, 6.45) is 1.64. The average molecular weight is 838 g/mol. The second-order valence-electron chi connectivity index (χ2n) is 10.2. The Hall–Kier alpha value is -3.04. The van der Waals surface area contributed by atoms with E-state index in [1.807, 2.05) is 50.2 Å². The third-order valence-electron chi connectivity index (χ3n) is 6.75. The molecule has 0 unspecified atom stereocenters. The minimum Gasteiger partial charge on any atom is -0.491 e. The van der Waals surface area contributed by atoms with E-state index in [-0.39, 0.29) is 36.3 Å². The quantitative estimate of drug-likeness (QED) is 0.142. The number of nitrogens with zero attached hydrogens (tertiary/aromatic N) is 2. The average Bonchev–Trinajstić information content (AvgIpc) is 3.26. The summed E-state index contributed by atoms with van der Waals surface area (Å²) in [4.78, 5) is 32.7. The third kappa shape index (κ3) is 6.79. The van der Waals surface area contributed by atoms with Crippen LogP contribution in [0.2, 0.25) is 0 Å². The Bertz CT molecular complexity index is 1950. The lowest BCUT2D eigenvalue weighted by Gasteiger charge is -2.26. The van der Waals surface area contributed by atoms with E-state index in [9.17, 15) is 14.0 Å². The fraction of sp³-hybridized carbons (Fsp3) is 0.242. The van der Waals surface area contributed by atoms with Crippen LogP contribution < -0.4 is 24.4 Å². The molecule has 0 amide bonds. The standard InChI is InChI=1S/C33H29FI2N2O5S/c1-5-41-32(40)28-19(4)37-33-38(29(28)23-11-7-9-13-26(23)43-18(2)3)31(39)27(44-33)15-21-14-22(35)16-25(36)30(21)42-17-20-10-6-8-12-24(20)34/h6-16,18,29H,5,17H2,1-4H3/b27-15-/t29-/m0/s1. The first-order valence-corrected chi connectivity index (χ1v) is 16.9. The van der Waals surface area contributed by atoms with Crippen molar-refractivity contribution in [2.24, 2.45) is 4.99 Å². The monoisotopic (exact) mass is 838 g/mol. The Labute approximate surface area is 285 Å². The van der Waals surface area contributed by atoms with Crippen LogP contribution in [0.1, 0.15) is 50.4 Å². The van der Waals surface area contributed by atoms with Gasteiger partial charge in [-0.15, -0.1) is 0 Å². The molecule has 3 aromatic carbocycles. The lowest BCUT2D eigenvalue weighted by Crippen LogP contribution is -2.40. The van der Waals surface area contributed by atoms with Gasteiger partial charge in [0.2, 0.25) is 0 Å². The number of hydrogen-bond donors (Lipinski definition) is 0. The molecule has 0 spiro atoms. The first-order chi connectivity index (χ1) is 21.1. The highest BCUT2D eigenvalue weighted by molar-refractivity contribution is 14.1. The fourth-order valence-electron chi connectivity index (χ4n) is 4.90. The molecule has 11 heteroatoms. The molecule has 0 aliphatic carbocycles. The minimum absolute atomic E-state index is 0.0279. The van der Waals surface area contributed by atoms with Crippen molar-refractivity contribution in [2.75, 3.05) is 6.61 Å². The molecule has 2 heterocycles. The van der Waals surface area contributed by atoms with Gasteiger partial charge >= 0.3 is 5.97 Å². The SMILES string of the molecule is CCOC(=O)C1=C(C)N=c2s/c(=C\c3cc(I)cc(I)c3OCc3ccccc3F)c(=O)n2[C@H]1c1ccccc1OC(C)C. The zero-order chi connectivity index (χ0) is 31.5. The molecule has 1 aliphatic rings. The summed E-state index contributed by atoms with van der Waals surface area (Å²) in [6, 6.07) is 16.9. The van der Waals surface area contributed by atoms with Crippen LogP contribution in [0.15, 0.2) is 81.7 Å². The van der Waals surface area contributed by atoms with E-state index in [0.717, 1.165) is 7.14 Å². The maximum atomic E-state index is 14.3. The fourth-order valence-corrected chi connectivity index (χ4v) is 7.98. The number of rotatable bonds is 9. The third-order valence-corrected chi connectivity index (χ3v) is 9.15. The highest BCUT2D eigenvalue weighted by atomic mass is 127. The van der Waals surface area contributed by atoms with E-state index in [4.69, 9.17) is 14.2 Å². The molecule has 0 fully saturated rings. The normalized spacial score (nSPS) is 14.8. The summed E-state index contributed by atoms with van der Waals surface area (Å²) in [6.45, 7) is 7.53. The molecule has 4 aromatic rings. The van der Waals surface area contributed by atoms with Gasteiger partial charge in [-0.1, -0.05) is 47.7 Å². The molecule has 1 aromatic heterocycles. The Morgan fingerprint density at radius 2 is 1.86 bits per heavy atom. The van der Waals surface area contributed by atoms with Gasteiger partial charge in [0.25, 0.3) is 5.56 Å². The number of thiazole rings is 1. The summed E-state index contributed by atoms with van der Waals surface area (Å²) in [7, 11) is 0. The minimum atomic E-state index is -0.810. The molecular weight excluding hydrogens is 809 g/mol. The highest BCUT2D eigenvalue weighted by Gasteiger charge is 2.35. The van der Waals surface area contributed by atoms with Gasteiger partial charge in [-0.3, -0.25) is 9.36 Å². The maximum absolute atomic E-state index is 14.3. The second kappa shape index (κ2) is 13.9. The molecule has 1 aliphatic heterocycles. The van der Waals surface area contributed by atoms with Crippen LogP contribution in [0.5, 0.6) is 11.5 Å². The number of carbonyl (C=O) groups is 1. The molecule has 0 saturated carbocycles. The van der Waals surface area contributed by atoms with E-state index in [2.05, 4.69) is 50.2 Å². The number of fused-ring (bicyclic) bond motifs is 1. The topological polar surface area (TPSA) is 79.1 Å². The van der Waals surface area contributed by atoms with Gasteiger partial charge in [-0.05, 0) is 103 Å². The van der Waals surface area contributed by atoms with Crippen LogP contribution in [-0.4, -0.2) is 23.2 Å². The Morgan fingerprint density at radius 1 is 1.14 bits per heavy atom. The number of benzene rings is 3. The Balaban J connectivity index is 1.68. The maximum Gasteiger partial charge on any atom is 0.338 e. The van der Waals surface area contributed by atoms with Gasteiger partial charge in [0.05, 0.1) is 32.1 Å². The molecule has 0 bridgehead atoms. The predicted molar refractivity (Wildman–Crippen MR) is 185 cm³/mol. The van der Waals surface area contributed by atoms with Gasteiger partial charge in [-0.25, -0.2) is 14.2 Å². The molecule has 1 atom stereocenters. The molecule has 0 N–H and O–H groups in total. The van der Waals surface area contributed by atoms with Gasteiger partial charge in [0.15, 0.2) is 4.80 Å². The summed E-state index contributed by atoms with van der Waals surface area (Å²) < 4.78 is 35.8. The largest absolute Gasteiger partial charge is 0.491 e.